The van der Waals surface area contributed by atoms with Crippen LogP contribution in [-0.4, -0.2) is 27.3 Å². The summed E-state index contributed by atoms with van der Waals surface area (Å²) in [7, 11) is 0. The molecule has 9 heteroatoms. The number of esters is 1. The van der Waals surface area contributed by atoms with Gasteiger partial charge in [0.1, 0.15) is 0 Å². The lowest BCUT2D eigenvalue weighted by Crippen LogP contribution is -2.10. The quantitative estimate of drug-likeness (QED) is 0.452. The fourth-order valence-electron chi connectivity index (χ4n) is 2.55. The average molecular weight is 400 g/mol. The summed E-state index contributed by atoms with van der Waals surface area (Å²) in [6.45, 7) is 0.0190. The zero-order chi connectivity index (χ0) is 20.9. The van der Waals surface area contributed by atoms with Crippen LogP contribution in [0.1, 0.15) is 29.0 Å². The van der Waals surface area contributed by atoms with Crippen molar-refractivity contribution in [3.05, 3.63) is 66.0 Å². The van der Waals surface area contributed by atoms with Crippen LogP contribution in [0.4, 0.5) is 13.2 Å². The summed E-state index contributed by atoms with van der Waals surface area (Å²) < 4.78 is 45.5. The molecular weight excluding hydrogens is 385 g/mol. The molecule has 0 aliphatic rings. The summed E-state index contributed by atoms with van der Waals surface area (Å²) in [6.07, 6.45) is -3.93. The molecule has 0 amide bonds. The van der Waals surface area contributed by atoms with Gasteiger partial charge in [0.25, 0.3) is 5.82 Å². The first-order valence-corrected chi connectivity index (χ1v) is 8.64. The second-order valence-corrected chi connectivity index (χ2v) is 5.98. The maximum Gasteiger partial charge on any atom is 0.416 e. The molecule has 0 fully saturated rings. The molecule has 0 spiro atoms. The Morgan fingerprint density at radius 3 is 2.59 bits per heavy atom. The highest BCUT2D eigenvalue weighted by atomic mass is 19.4. The van der Waals surface area contributed by atoms with Crippen LogP contribution in [0.5, 0.6) is 0 Å². The molecule has 0 aliphatic carbocycles. The van der Waals surface area contributed by atoms with Crippen LogP contribution in [0.3, 0.4) is 0 Å². The average Bonchev–Trinajstić information content (AvgIpc) is 3.17. The van der Waals surface area contributed by atoms with Crippen molar-refractivity contribution in [1.82, 2.24) is 14.8 Å². The second-order valence-electron chi connectivity index (χ2n) is 5.98. The van der Waals surface area contributed by atoms with Crippen molar-refractivity contribution in [2.24, 2.45) is 0 Å². The number of unbranched alkanes of at least 4 members (excludes halogenated alkanes) is 1. The Balaban J connectivity index is 2.01. The van der Waals surface area contributed by atoms with E-state index in [-0.39, 0.29) is 30.4 Å². The Bertz CT molecular complexity index is 1040. The number of hydrogen-bond donors (Lipinski definition) is 0. The molecule has 0 aliphatic heterocycles. The van der Waals surface area contributed by atoms with Crippen LogP contribution in [0.2, 0.25) is 0 Å². The molecule has 0 radical (unpaired) electrons. The molecule has 3 rings (SSSR count). The first-order valence-electron chi connectivity index (χ1n) is 8.64. The molecule has 3 aromatic rings. The normalized spacial score (nSPS) is 11.1. The molecule has 0 N–H and O–H groups in total. The summed E-state index contributed by atoms with van der Waals surface area (Å²) in [5, 5.41) is 12.6. The number of carbonyl (C=O) groups is 1. The van der Waals surface area contributed by atoms with E-state index in [4.69, 9.17) is 10.00 Å². The highest BCUT2D eigenvalue weighted by Crippen LogP contribution is 2.31. The molecule has 148 valence electrons. The third-order valence-electron chi connectivity index (χ3n) is 3.91. The van der Waals surface area contributed by atoms with Crippen molar-refractivity contribution in [2.45, 2.75) is 19.0 Å². The summed E-state index contributed by atoms with van der Waals surface area (Å²) in [5.74, 6) is -0.891. The molecule has 1 aromatic heterocycles. The van der Waals surface area contributed by atoms with Crippen LogP contribution in [0, 0.1) is 11.3 Å². The molecule has 2 aromatic carbocycles. The van der Waals surface area contributed by atoms with E-state index in [1.54, 1.807) is 30.3 Å². The number of halogens is 3. The van der Waals surface area contributed by atoms with Gasteiger partial charge in [-0.1, -0.05) is 36.4 Å². The van der Waals surface area contributed by atoms with Crippen molar-refractivity contribution in [3.8, 4) is 23.1 Å². The van der Waals surface area contributed by atoms with Gasteiger partial charge in [-0.3, -0.25) is 0 Å². The standard InChI is InChI=1S/C20H15F3N4O2/c21-20(22,23)15-9-6-10-16(13-15)27-18(14-7-2-1-3-8-14)25-17(26-27)19(28)29-12-5-4-11-24/h1-3,6-10,13H,4-5,12H2. The van der Waals surface area contributed by atoms with Gasteiger partial charge in [0.15, 0.2) is 5.82 Å². The molecule has 6 nitrogen and oxygen atoms in total. The lowest BCUT2D eigenvalue weighted by Gasteiger charge is -2.10. The van der Waals surface area contributed by atoms with Crippen molar-refractivity contribution >= 4 is 5.97 Å². The Morgan fingerprint density at radius 1 is 1.14 bits per heavy atom. The third kappa shape index (κ3) is 4.79. The van der Waals surface area contributed by atoms with Gasteiger partial charge in [0, 0.05) is 12.0 Å². The minimum absolute atomic E-state index is 0.0190. The van der Waals surface area contributed by atoms with E-state index in [9.17, 15) is 18.0 Å². The van der Waals surface area contributed by atoms with Gasteiger partial charge in [-0.25, -0.2) is 14.5 Å². The lowest BCUT2D eigenvalue weighted by molar-refractivity contribution is -0.137. The van der Waals surface area contributed by atoms with Crippen molar-refractivity contribution in [3.63, 3.8) is 0 Å². The van der Waals surface area contributed by atoms with Gasteiger partial charge in [0.2, 0.25) is 0 Å². The van der Waals surface area contributed by atoms with Gasteiger partial charge in [-0.05, 0) is 24.6 Å². The summed E-state index contributed by atoms with van der Waals surface area (Å²) in [6, 6.07) is 15.2. The number of rotatable bonds is 6. The molecular formula is C20H15F3N4O2. The predicted molar refractivity (Wildman–Crippen MR) is 96.9 cm³/mol. The van der Waals surface area contributed by atoms with Gasteiger partial charge in [-0.15, -0.1) is 5.10 Å². The predicted octanol–water partition coefficient (Wildman–Crippen LogP) is 4.41. The smallest absolute Gasteiger partial charge is 0.416 e. The zero-order valence-electron chi connectivity index (χ0n) is 15.1. The lowest BCUT2D eigenvalue weighted by atomic mass is 10.2. The van der Waals surface area contributed by atoms with E-state index < -0.39 is 17.7 Å². The first-order chi connectivity index (χ1) is 13.9. The number of benzene rings is 2. The topological polar surface area (TPSA) is 80.8 Å². The fourth-order valence-corrected chi connectivity index (χ4v) is 2.55. The second kappa shape index (κ2) is 8.56. The van der Waals surface area contributed by atoms with Gasteiger partial charge in [0.05, 0.1) is 23.9 Å². The molecule has 0 atom stereocenters. The maximum atomic E-state index is 13.1. The highest BCUT2D eigenvalue weighted by Gasteiger charge is 2.31. The SMILES string of the molecule is N#CCCCOC(=O)c1nc(-c2ccccc2)n(-c2cccc(C(F)(F)F)c2)n1. The third-order valence-corrected chi connectivity index (χ3v) is 3.91. The van der Waals surface area contributed by atoms with Crippen LogP contribution in [0.25, 0.3) is 17.1 Å². The van der Waals surface area contributed by atoms with E-state index in [1.807, 2.05) is 6.07 Å². The van der Waals surface area contributed by atoms with Crippen LogP contribution in [-0.2, 0) is 10.9 Å². The largest absolute Gasteiger partial charge is 0.460 e. The van der Waals surface area contributed by atoms with Crippen LogP contribution < -0.4 is 0 Å². The van der Waals surface area contributed by atoms with Gasteiger partial charge in [-0.2, -0.15) is 18.4 Å². The van der Waals surface area contributed by atoms with E-state index in [2.05, 4.69) is 10.1 Å². The minimum Gasteiger partial charge on any atom is -0.460 e. The molecule has 0 saturated carbocycles. The molecule has 0 unspecified atom stereocenters. The van der Waals surface area contributed by atoms with Gasteiger partial charge >= 0.3 is 12.1 Å². The molecule has 1 heterocycles. The number of alkyl halides is 3. The summed E-state index contributed by atoms with van der Waals surface area (Å²) in [4.78, 5) is 16.4. The molecule has 29 heavy (non-hydrogen) atoms. The number of ether oxygens (including phenoxy) is 1. The van der Waals surface area contributed by atoms with Crippen molar-refractivity contribution in [1.29, 1.82) is 5.26 Å². The summed E-state index contributed by atoms with van der Waals surface area (Å²) >= 11 is 0. The van der Waals surface area contributed by atoms with Crippen molar-refractivity contribution in [2.75, 3.05) is 6.61 Å². The van der Waals surface area contributed by atoms with E-state index in [0.29, 0.717) is 12.0 Å². The Morgan fingerprint density at radius 2 is 1.90 bits per heavy atom. The van der Waals surface area contributed by atoms with E-state index in [0.717, 1.165) is 12.1 Å². The number of nitriles is 1. The molecule has 0 saturated heterocycles. The monoisotopic (exact) mass is 400 g/mol. The highest BCUT2D eigenvalue weighted by molar-refractivity contribution is 5.86. The Labute approximate surface area is 164 Å². The van der Waals surface area contributed by atoms with Crippen molar-refractivity contribution < 1.29 is 22.7 Å². The summed E-state index contributed by atoms with van der Waals surface area (Å²) in [5.41, 5.74) is -0.166. The van der Waals surface area contributed by atoms with Gasteiger partial charge < -0.3 is 4.74 Å². The Hall–Kier alpha value is -3.67. The van der Waals surface area contributed by atoms with E-state index >= 15 is 0 Å². The number of nitrogens with zero attached hydrogens (tertiary/aromatic N) is 4. The number of carbonyl (C=O) groups excluding carboxylic acids is 1. The number of hydrogen-bond acceptors (Lipinski definition) is 5. The minimum atomic E-state index is -4.52. The Kier molecular flexibility index (Phi) is 5.93. The van der Waals surface area contributed by atoms with Crippen LogP contribution in [0.15, 0.2) is 54.6 Å². The molecule has 0 bridgehead atoms. The van der Waals surface area contributed by atoms with Crippen LogP contribution >= 0.6 is 0 Å². The fraction of sp³-hybridized carbons (Fsp3) is 0.200. The van der Waals surface area contributed by atoms with E-state index in [1.165, 1.54) is 16.8 Å². The maximum absolute atomic E-state index is 13.1. The zero-order valence-corrected chi connectivity index (χ0v) is 15.1. The first kappa shape index (κ1) is 20.1. The number of aromatic nitrogens is 3.